The summed E-state index contributed by atoms with van der Waals surface area (Å²) in [6, 6.07) is 5.79. The lowest BCUT2D eigenvalue weighted by molar-refractivity contribution is -0.110. The molecule has 2 atom stereocenters. The summed E-state index contributed by atoms with van der Waals surface area (Å²) in [7, 11) is 0. The van der Waals surface area contributed by atoms with E-state index in [2.05, 4.69) is 39.1 Å². The van der Waals surface area contributed by atoms with Crippen molar-refractivity contribution in [3.63, 3.8) is 0 Å². The number of rotatable bonds is 3. The van der Waals surface area contributed by atoms with E-state index >= 15 is 0 Å². The van der Waals surface area contributed by atoms with E-state index in [0.29, 0.717) is 11.8 Å². The fourth-order valence-electron chi connectivity index (χ4n) is 2.39. The number of benzene rings is 1. The number of hydrogen-bond donors (Lipinski definition) is 1. The summed E-state index contributed by atoms with van der Waals surface area (Å²) in [5.74, 6) is 1.60. The summed E-state index contributed by atoms with van der Waals surface area (Å²) in [4.78, 5) is 11.2. The maximum atomic E-state index is 11.2. The van der Waals surface area contributed by atoms with Gasteiger partial charge in [0, 0.05) is 0 Å². The Bertz CT molecular complexity index is 440. The molecule has 0 aromatic heterocycles. The largest absolute Gasteiger partial charge is 0.485 e. The van der Waals surface area contributed by atoms with Crippen LogP contribution in [0.2, 0.25) is 0 Å². The Kier molecular flexibility index (Phi) is 3.60. The van der Waals surface area contributed by atoms with Gasteiger partial charge in [-0.05, 0) is 23.5 Å². The summed E-state index contributed by atoms with van der Waals surface area (Å²) in [5, 5.41) is 3.28. The van der Waals surface area contributed by atoms with Gasteiger partial charge in [-0.25, -0.2) is 0 Å². The smallest absolute Gasteiger partial charge is 0.146 e. The predicted octanol–water partition coefficient (Wildman–Crippen LogP) is 3.21. The molecule has 2 unspecified atom stereocenters. The van der Waals surface area contributed by atoms with E-state index in [1.807, 2.05) is 12.1 Å². The molecule has 0 saturated carbocycles. The SMILES string of the molecule is CC(C)c1cccc2c1OC(C(C)C)C(C=O)N2. The van der Waals surface area contributed by atoms with Gasteiger partial charge in [0.15, 0.2) is 0 Å². The van der Waals surface area contributed by atoms with Crippen LogP contribution in [0.4, 0.5) is 5.69 Å². The van der Waals surface area contributed by atoms with Crippen LogP contribution in [0.15, 0.2) is 18.2 Å². The lowest BCUT2D eigenvalue weighted by Gasteiger charge is -2.36. The first kappa shape index (κ1) is 12.9. The molecule has 1 N–H and O–H groups in total. The van der Waals surface area contributed by atoms with Gasteiger partial charge in [-0.3, -0.25) is 0 Å². The Hall–Kier alpha value is -1.51. The fraction of sp³-hybridized carbons (Fsp3) is 0.533. The second-order valence-corrected chi connectivity index (χ2v) is 5.51. The van der Waals surface area contributed by atoms with Crippen LogP contribution in [0.25, 0.3) is 0 Å². The number of aldehydes is 1. The number of hydrogen-bond acceptors (Lipinski definition) is 3. The molecule has 0 bridgehead atoms. The van der Waals surface area contributed by atoms with Crippen molar-refractivity contribution >= 4 is 12.0 Å². The minimum absolute atomic E-state index is 0.102. The molecule has 0 radical (unpaired) electrons. The molecule has 1 aliphatic heterocycles. The molecule has 0 amide bonds. The van der Waals surface area contributed by atoms with E-state index in [0.717, 1.165) is 17.7 Å². The van der Waals surface area contributed by atoms with E-state index in [4.69, 9.17) is 4.74 Å². The molecule has 1 aromatic carbocycles. The van der Waals surface area contributed by atoms with Crippen molar-refractivity contribution in [2.24, 2.45) is 5.92 Å². The maximum absolute atomic E-state index is 11.2. The molecule has 3 nitrogen and oxygen atoms in total. The monoisotopic (exact) mass is 247 g/mol. The molecule has 1 aromatic rings. The zero-order valence-corrected chi connectivity index (χ0v) is 11.4. The summed E-state index contributed by atoms with van der Waals surface area (Å²) in [6.07, 6.45) is 0.838. The second kappa shape index (κ2) is 5.01. The first-order valence-corrected chi connectivity index (χ1v) is 6.56. The number of fused-ring (bicyclic) bond motifs is 1. The molecule has 0 fully saturated rings. The Morgan fingerprint density at radius 3 is 2.56 bits per heavy atom. The lowest BCUT2D eigenvalue weighted by atomic mass is 9.95. The van der Waals surface area contributed by atoms with Crippen LogP contribution >= 0.6 is 0 Å². The van der Waals surface area contributed by atoms with Crippen LogP contribution in [0.3, 0.4) is 0 Å². The molecule has 3 heteroatoms. The number of carbonyl (C=O) groups is 1. The van der Waals surface area contributed by atoms with Crippen LogP contribution in [0.5, 0.6) is 5.75 Å². The average Bonchev–Trinajstić information content (AvgIpc) is 2.35. The van der Waals surface area contributed by atoms with Gasteiger partial charge in [-0.2, -0.15) is 0 Å². The second-order valence-electron chi connectivity index (χ2n) is 5.51. The third kappa shape index (κ3) is 2.22. The Morgan fingerprint density at radius 2 is 2.00 bits per heavy atom. The average molecular weight is 247 g/mol. The molecule has 0 aliphatic carbocycles. The minimum Gasteiger partial charge on any atom is -0.485 e. The van der Waals surface area contributed by atoms with Crippen molar-refractivity contribution in [3.05, 3.63) is 23.8 Å². The molecule has 2 rings (SSSR count). The van der Waals surface area contributed by atoms with Crippen LogP contribution in [-0.2, 0) is 4.79 Å². The van der Waals surface area contributed by atoms with Crippen LogP contribution in [0.1, 0.15) is 39.2 Å². The third-order valence-electron chi connectivity index (χ3n) is 3.40. The highest BCUT2D eigenvalue weighted by Gasteiger charge is 2.32. The first-order valence-electron chi connectivity index (χ1n) is 6.56. The van der Waals surface area contributed by atoms with Crippen molar-refractivity contribution in [3.8, 4) is 5.75 Å². The number of para-hydroxylation sites is 1. The Labute approximate surface area is 109 Å². The van der Waals surface area contributed by atoms with E-state index in [9.17, 15) is 4.79 Å². The zero-order valence-electron chi connectivity index (χ0n) is 11.4. The zero-order chi connectivity index (χ0) is 13.3. The summed E-state index contributed by atoms with van der Waals surface area (Å²) in [5.41, 5.74) is 2.12. The molecule has 1 aliphatic rings. The van der Waals surface area contributed by atoms with Gasteiger partial charge in [0.25, 0.3) is 0 Å². The van der Waals surface area contributed by atoms with Crippen molar-refractivity contribution < 1.29 is 9.53 Å². The van der Waals surface area contributed by atoms with E-state index in [1.165, 1.54) is 5.56 Å². The maximum Gasteiger partial charge on any atom is 0.146 e. The molecule has 0 saturated heterocycles. The van der Waals surface area contributed by atoms with Crippen molar-refractivity contribution in [1.29, 1.82) is 0 Å². The number of ether oxygens (including phenoxy) is 1. The number of carbonyl (C=O) groups excluding carboxylic acids is 1. The highest BCUT2D eigenvalue weighted by atomic mass is 16.5. The number of nitrogens with one attached hydrogen (secondary N) is 1. The quantitative estimate of drug-likeness (QED) is 0.833. The van der Waals surface area contributed by atoms with Gasteiger partial charge < -0.3 is 14.8 Å². The first-order chi connectivity index (χ1) is 8.54. The summed E-state index contributed by atoms with van der Waals surface area (Å²) < 4.78 is 6.10. The molecule has 18 heavy (non-hydrogen) atoms. The van der Waals surface area contributed by atoms with Crippen molar-refractivity contribution in [1.82, 2.24) is 0 Å². The molecule has 1 heterocycles. The van der Waals surface area contributed by atoms with Gasteiger partial charge in [0.1, 0.15) is 24.2 Å². The molecule has 98 valence electrons. The minimum atomic E-state index is -0.264. The van der Waals surface area contributed by atoms with E-state index < -0.39 is 0 Å². The standard InChI is InChI=1S/C15H21NO2/c1-9(2)11-6-5-7-12-15(11)18-14(10(3)4)13(8-17)16-12/h5-10,13-14,16H,1-4H3. The van der Waals surface area contributed by atoms with Crippen molar-refractivity contribution in [2.75, 3.05) is 5.32 Å². The lowest BCUT2D eigenvalue weighted by Crippen LogP contribution is -2.46. The molecule has 0 spiro atoms. The topological polar surface area (TPSA) is 38.3 Å². The van der Waals surface area contributed by atoms with Gasteiger partial charge >= 0.3 is 0 Å². The number of anilines is 1. The van der Waals surface area contributed by atoms with Gasteiger partial charge in [-0.1, -0.05) is 39.8 Å². The van der Waals surface area contributed by atoms with Gasteiger partial charge in [0.05, 0.1) is 5.69 Å². The van der Waals surface area contributed by atoms with Crippen LogP contribution < -0.4 is 10.1 Å². The van der Waals surface area contributed by atoms with Crippen LogP contribution in [-0.4, -0.2) is 18.4 Å². The fourth-order valence-corrected chi connectivity index (χ4v) is 2.39. The summed E-state index contributed by atoms with van der Waals surface area (Å²) >= 11 is 0. The Morgan fingerprint density at radius 1 is 1.28 bits per heavy atom. The highest BCUT2D eigenvalue weighted by molar-refractivity contribution is 5.72. The van der Waals surface area contributed by atoms with Gasteiger partial charge in [-0.15, -0.1) is 0 Å². The Balaban J connectivity index is 2.42. The van der Waals surface area contributed by atoms with Crippen LogP contribution in [0, 0.1) is 5.92 Å². The molecular formula is C15H21NO2. The normalized spacial score (nSPS) is 22.3. The van der Waals surface area contributed by atoms with E-state index in [1.54, 1.807) is 0 Å². The highest BCUT2D eigenvalue weighted by Crippen LogP contribution is 2.39. The third-order valence-corrected chi connectivity index (χ3v) is 3.40. The summed E-state index contributed by atoms with van der Waals surface area (Å²) in [6.45, 7) is 8.45. The van der Waals surface area contributed by atoms with E-state index in [-0.39, 0.29) is 12.1 Å². The van der Waals surface area contributed by atoms with Gasteiger partial charge in [0.2, 0.25) is 0 Å². The van der Waals surface area contributed by atoms with Crippen molar-refractivity contribution in [2.45, 2.75) is 45.8 Å². The molecular weight excluding hydrogens is 226 g/mol. The predicted molar refractivity (Wildman–Crippen MR) is 73.3 cm³/mol.